The zero-order valence-electron chi connectivity index (χ0n) is 18.2. The van der Waals surface area contributed by atoms with Gasteiger partial charge in [0.25, 0.3) is 0 Å². The minimum atomic E-state index is -0.748. The maximum Gasteiger partial charge on any atom is 0.408 e. The molecule has 2 atom stereocenters. The van der Waals surface area contributed by atoms with Crippen LogP contribution in [0, 0.1) is 0 Å². The van der Waals surface area contributed by atoms with Gasteiger partial charge in [0.05, 0.1) is 6.04 Å². The van der Waals surface area contributed by atoms with Gasteiger partial charge in [-0.1, -0.05) is 42.5 Å². The van der Waals surface area contributed by atoms with E-state index in [9.17, 15) is 9.59 Å². The molecule has 162 valence electrons. The van der Waals surface area contributed by atoms with Crippen LogP contribution in [0.4, 0.5) is 4.79 Å². The number of rotatable bonds is 5. The lowest BCUT2D eigenvalue weighted by Crippen LogP contribution is -2.49. The van der Waals surface area contributed by atoms with E-state index in [0.717, 1.165) is 34.9 Å². The molecule has 1 aromatic heterocycles. The lowest BCUT2D eigenvalue weighted by Gasteiger charge is -2.24. The van der Waals surface area contributed by atoms with Gasteiger partial charge in [0.2, 0.25) is 5.91 Å². The molecule has 1 aliphatic carbocycles. The van der Waals surface area contributed by atoms with Crippen LogP contribution in [0.1, 0.15) is 49.9 Å². The molecule has 6 heteroatoms. The number of alkyl carbamates (subject to hydrolysis) is 1. The number of nitrogens with one attached hydrogen (secondary N) is 3. The minimum Gasteiger partial charge on any atom is -0.444 e. The number of ether oxygens (including phenoxy) is 1. The van der Waals surface area contributed by atoms with Crippen LogP contribution >= 0.6 is 0 Å². The highest BCUT2D eigenvalue weighted by atomic mass is 16.6. The average molecular weight is 420 g/mol. The first kappa shape index (κ1) is 21.0. The second-order valence-corrected chi connectivity index (χ2v) is 9.06. The number of aryl methyl sites for hydroxylation is 1. The molecule has 6 nitrogen and oxygen atoms in total. The second-order valence-electron chi connectivity index (χ2n) is 9.06. The number of para-hydroxylation sites is 1. The summed E-state index contributed by atoms with van der Waals surface area (Å²) in [5.41, 5.74) is 3.74. The number of aromatic amines is 1. The highest BCUT2D eigenvalue weighted by molar-refractivity contribution is 5.88. The van der Waals surface area contributed by atoms with Crippen molar-refractivity contribution < 1.29 is 14.3 Å². The molecule has 0 saturated heterocycles. The molecular weight excluding hydrogens is 390 g/mol. The Hall–Kier alpha value is -3.28. The molecule has 0 aliphatic heterocycles. The van der Waals surface area contributed by atoms with Gasteiger partial charge in [0, 0.05) is 23.5 Å². The Morgan fingerprint density at radius 3 is 2.68 bits per heavy atom. The smallest absolute Gasteiger partial charge is 0.408 e. The van der Waals surface area contributed by atoms with E-state index in [4.69, 9.17) is 4.74 Å². The van der Waals surface area contributed by atoms with E-state index in [0.29, 0.717) is 6.42 Å². The van der Waals surface area contributed by atoms with Crippen molar-refractivity contribution in [1.82, 2.24) is 15.6 Å². The second kappa shape index (κ2) is 8.46. The van der Waals surface area contributed by atoms with Crippen LogP contribution in [-0.2, 0) is 22.4 Å². The third kappa shape index (κ3) is 4.90. The Balaban J connectivity index is 1.54. The Kier molecular flexibility index (Phi) is 5.72. The SMILES string of the molecule is CC(C)(C)OC(=O)N[C@@H](Cc1c[nH]c2ccccc12)C(=O)N[C@H]1CCc2ccccc21. The van der Waals surface area contributed by atoms with Crippen molar-refractivity contribution in [3.8, 4) is 0 Å². The van der Waals surface area contributed by atoms with Gasteiger partial charge in [-0.05, 0) is 56.4 Å². The lowest BCUT2D eigenvalue weighted by atomic mass is 10.0. The van der Waals surface area contributed by atoms with Gasteiger partial charge in [-0.2, -0.15) is 0 Å². The van der Waals surface area contributed by atoms with Crippen LogP contribution in [0.5, 0.6) is 0 Å². The molecule has 3 aromatic rings. The molecule has 1 aliphatic rings. The van der Waals surface area contributed by atoms with Crippen molar-refractivity contribution in [3.63, 3.8) is 0 Å². The summed E-state index contributed by atoms with van der Waals surface area (Å²) in [4.78, 5) is 29.0. The van der Waals surface area contributed by atoms with E-state index in [1.165, 1.54) is 5.56 Å². The number of hydrogen-bond donors (Lipinski definition) is 3. The highest BCUT2D eigenvalue weighted by Gasteiger charge is 2.29. The predicted octanol–water partition coefficient (Wildman–Crippen LogP) is 4.41. The van der Waals surface area contributed by atoms with E-state index in [2.05, 4.69) is 27.8 Å². The van der Waals surface area contributed by atoms with Gasteiger partial charge in [-0.3, -0.25) is 4.79 Å². The number of benzene rings is 2. The normalized spacial score (nSPS) is 16.5. The summed E-state index contributed by atoms with van der Waals surface area (Å²) in [7, 11) is 0. The molecule has 0 unspecified atom stereocenters. The molecule has 0 radical (unpaired) electrons. The van der Waals surface area contributed by atoms with E-state index in [1.54, 1.807) is 20.8 Å². The van der Waals surface area contributed by atoms with Gasteiger partial charge in [-0.15, -0.1) is 0 Å². The van der Waals surface area contributed by atoms with Crippen LogP contribution in [0.2, 0.25) is 0 Å². The third-order valence-corrected chi connectivity index (χ3v) is 5.56. The Labute approximate surface area is 182 Å². The number of aromatic nitrogens is 1. The zero-order chi connectivity index (χ0) is 22.0. The van der Waals surface area contributed by atoms with E-state index in [1.807, 2.05) is 42.6 Å². The van der Waals surface area contributed by atoms with Crippen molar-refractivity contribution in [2.75, 3.05) is 0 Å². The fourth-order valence-electron chi connectivity index (χ4n) is 4.16. The lowest BCUT2D eigenvalue weighted by molar-refractivity contribution is -0.124. The molecule has 0 fully saturated rings. The van der Waals surface area contributed by atoms with Crippen molar-refractivity contribution >= 4 is 22.9 Å². The number of carbonyl (C=O) groups excluding carboxylic acids is 2. The van der Waals surface area contributed by atoms with Crippen molar-refractivity contribution in [3.05, 3.63) is 71.4 Å². The highest BCUT2D eigenvalue weighted by Crippen LogP contribution is 2.31. The number of H-pyrrole nitrogens is 1. The number of fused-ring (bicyclic) bond motifs is 2. The van der Waals surface area contributed by atoms with E-state index in [-0.39, 0.29) is 11.9 Å². The van der Waals surface area contributed by atoms with Crippen LogP contribution < -0.4 is 10.6 Å². The monoisotopic (exact) mass is 419 g/mol. The zero-order valence-corrected chi connectivity index (χ0v) is 18.2. The molecule has 0 bridgehead atoms. The number of carbonyl (C=O) groups is 2. The standard InChI is InChI=1S/C25H29N3O3/c1-25(2,3)31-24(30)28-22(14-17-15-26-20-11-7-6-10-19(17)20)23(29)27-21-13-12-16-8-4-5-9-18(16)21/h4-11,15,21-22,26H,12-14H2,1-3H3,(H,27,29)(H,28,30)/t21-,22-/m0/s1. The molecule has 2 aromatic carbocycles. The molecule has 31 heavy (non-hydrogen) atoms. The fraction of sp³-hybridized carbons (Fsp3) is 0.360. The molecule has 0 saturated carbocycles. The fourth-order valence-corrected chi connectivity index (χ4v) is 4.16. The summed E-state index contributed by atoms with van der Waals surface area (Å²) >= 11 is 0. The van der Waals surface area contributed by atoms with Gasteiger partial charge in [0.15, 0.2) is 0 Å². The Morgan fingerprint density at radius 1 is 1.13 bits per heavy atom. The van der Waals surface area contributed by atoms with E-state index >= 15 is 0 Å². The van der Waals surface area contributed by atoms with Gasteiger partial charge < -0.3 is 20.4 Å². The van der Waals surface area contributed by atoms with Crippen molar-refractivity contribution in [1.29, 1.82) is 0 Å². The maximum atomic E-state index is 13.3. The summed E-state index contributed by atoms with van der Waals surface area (Å²) in [6.45, 7) is 5.41. The van der Waals surface area contributed by atoms with Crippen LogP contribution in [0.25, 0.3) is 10.9 Å². The Morgan fingerprint density at radius 2 is 1.87 bits per heavy atom. The average Bonchev–Trinajstić information content (AvgIpc) is 3.31. The van der Waals surface area contributed by atoms with Crippen LogP contribution in [0.3, 0.4) is 0 Å². The Bertz CT molecular complexity index is 1100. The summed E-state index contributed by atoms with van der Waals surface area (Å²) in [6.07, 6.45) is 3.46. The number of hydrogen-bond acceptors (Lipinski definition) is 3. The van der Waals surface area contributed by atoms with Crippen molar-refractivity contribution in [2.45, 2.75) is 57.7 Å². The molecule has 0 spiro atoms. The molecule has 3 N–H and O–H groups in total. The largest absolute Gasteiger partial charge is 0.444 e. The van der Waals surface area contributed by atoms with Crippen molar-refractivity contribution in [2.24, 2.45) is 0 Å². The molecule has 4 rings (SSSR count). The maximum absolute atomic E-state index is 13.3. The number of amides is 2. The van der Waals surface area contributed by atoms with Gasteiger partial charge in [-0.25, -0.2) is 4.79 Å². The molecule has 2 amide bonds. The minimum absolute atomic E-state index is 0.0467. The molecular formula is C25H29N3O3. The quantitative estimate of drug-likeness (QED) is 0.573. The van der Waals surface area contributed by atoms with Gasteiger partial charge >= 0.3 is 6.09 Å². The first-order valence-corrected chi connectivity index (χ1v) is 10.7. The first-order chi connectivity index (χ1) is 14.8. The predicted molar refractivity (Wildman–Crippen MR) is 121 cm³/mol. The summed E-state index contributed by atoms with van der Waals surface area (Å²) in [5, 5.41) is 6.97. The summed E-state index contributed by atoms with van der Waals surface area (Å²) in [6, 6.07) is 15.3. The van der Waals surface area contributed by atoms with Crippen LogP contribution in [-0.4, -0.2) is 28.6 Å². The first-order valence-electron chi connectivity index (χ1n) is 10.7. The summed E-state index contributed by atoms with van der Waals surface area (Å²) in [5.74, 6) is -0.210. The topological polar surface area (TPSA) is 83.2 Å². The molecule has 1 heterocycles. The van der Waals surface area contributed by atoms with Crippen LogP contribution in [0.15, 0.2) is 54.7 Å². The van der Waals surface area contributed by atoms with E-state index < -0.39 is 17.7 Å². The van der Waals surface area contributed by atoms with Gasteiger partial charge in [0.1, 0.15) is 11.6 Å². The third-order valence-electron chi connectivity index (χ3n) is 5.56. The summed E-state index contributed by atoms with van der Waals surface area (Å²) < 4.78 is 5.41.